The molecule has 0 saturated heterocycles. The van der Waals surface area contributed by atoms with Gasteiger partial charge in [0.05, 0.1) is 19.0 Å². The van der Waals surface area contributed by atoms with Crippen molar-refractivity contribution in [3.8, 4) is 0 Å². The standard InChI is InChI=1S/C23H32N2OS/c1-4-11-22(26-3)20(16-19-13-9-8-12-18(19)2)21-17-24-23(25-21)14-7-5-6-10-15-27/h8-9,11-13,16-17,27H,4-7,10,14-15H2,1-3H3,(H,24,25)/b20-16-,22-11-. The lowest BCUT2D eigenvalue weighted by Crippen LogP contribution is -1.96. The van der Waals surface area contributed by atoms with Gasteiger partial charge in [-0.3, -0.25) is 0 Å². The summed E-state index contributed by atoms with van der Waals surface area (Å²) in [5.74, 6) is 2.89. The van der Waals surface area contributed by atoms with E-state index in [1.165, 1.54) is 30.4 Å². The molecule has 1 heterocycles. The predicted octanol–water partition coefficient (Wildman–Crippen LogP) is 6.23. The summed E-state index contributed by atoms with van der Waals surface area (Å²) in [6.07, 6.45) is 12.9. The minimum absolute atomic E-state index is 0.879. The third kappa shape index (κ3) is 6.62. The van der Waals surface area contributed by atoms with Crippen molar-refractivity contribution in [1.29, 1.82) is 0 Å². The number of thiol groups is 1. The number of hydrogen-bond donors (Lipinski definition) is 2. The summed E-state index contributed by atoms with van der Waals surface area (Å²) in [4.78, 5) is 8.10. The Bertz CT molecular complexity index is 761. The lowest BCUT2D eigenvalue weighted by molar-refractivity contribution is 0.309. The third-order valence-electron chi connectivity index (χ3n) is 4.60. The number of aromatic amines is 1. The van der Waals surface area contributed by atoms with E-state index in [1.807, 2.05) is 6.20 Å². The Hall–Kier alpha value is -1.94. The van der Waals surface area contributed by atoms with Crippen LogP contribution in [0.1, 0.15) is 61.7 Å². The van der Waals surface area contributed by atoms with Crippen LogP contribution in [0, 0.1) is 6.92 Å². The maximum Gasteiger partial charge on any atom is 0.124 e. The first kappa shape index (κ1) is 21.4. The van der Waals surface area contributed by atoms with Crippen LogP contribution in [0.3, 0.4) is 0 Å². The van der Waals surface area contributed by atoms with Crippen LogP contribution in [0.4, 0.5) is 0 Å². The van der Waals surface area contributed by atoms with Gasteiger partial charge in [-0.1, -0.05) is 44.0 Å². The number of hydrogen-bond acceptors (Lipinski definition) is 3. The van der Waals surface area contributed by atoms with Gasteiger partial charge in [0.25, 0.3) is 0 Å². The topological polar surface area (TPSA) is 37.9 Å². The number of aryl methyl sites for hydroxylation is 2. The van der Waals surface area contributed by atoms with Gasteiger partial charge in [-0.25, -0.2) is 4.98 Å². The molecule has 2 aromatic rings. The molecule has 1 aromatic heterocycles. The normalized spacial score (nSPS) is 12.4. The van der Waals surface area contributed by atoms with Gasteiger partial charge in [-0.2, -0.15) is 12.6 Å². The Morgan fingerprint density at radius 3 is 2.67 bits per heavy atom. The van der Waals surface area contributed by atoms with Crippen molar-refractivity contribution >= 4 is 24.3 Å². The molecule has 0 saturated carbocycles. The Kier molecular flexibility index (Phi) is 9.26. The number of imidazole rings is 1. The van der Waals surface area contributed by atoms with Crippen LogP contribution in [0.5, 0.6) is 0 Å². The molecule has 0 atom stereocenters. The Labute approximate surface area is 169 Å². The molecule has 1 N–H and O–H groups in total. The lowest BCUT2D eigenvalue weighted by atomic mass is 10.0. The number of benzene rings is 1. The smallest absolute Gasteiger partial charge is 0.124 e. The number of nitrogens with one attached hydrogen (secondary N) is 1. The maximum atomic E-state index is 5.69. The van der Waals surface area contributed by atoms with Gasteiger partial charge in [-0.15, -0.1) is 0 Å². The zero-order valence-electron chi connectivity index (χ0n) is 16.8. The molecule has 4 heteroatoms. The zero-order valence-corrected chi connectivity index (χ0v) is 17.7. The van der Waals surface area contributed by atoms with E-state index in [-0.39, 0.29) is 0 Å². The second kappa shape index (κ2) is 11.7. The molecule has 0 fully saturated rings. The highest BCUT2D eigenvalue weighted by Gasteiger charge is 2.12. The van der Waals surface area contributed by atoms with Crippen LogP contribution in [0.25, 0.3) is 11.6 Å². The SMILES string of the molecule is CC/C=C(OC)/C(=C\c1ccccc1C)c1cnc(CCCCCCS)[nH]1. The molecule has 2 rings (SSSR count). The molecular formula is C23H32N2OS. The van der Waals surface area contributed by atoms with E-state index in [1.54, 1.807) is 7.11 Å². The molecule has 0 spiro atoms. The van der Waals surface area contributed by atoms with E-state index in [2.05, 4.69) is 72.9 Å². The molecule has 0 aliphatic rings. The molecule has 0 aliphatic heterocycles. The van der Waals surface area contributed by atoms with Crippen LogP contribution in [0.2, 0.25) is 0 Å². The van der Waals surface area contributed by atoms with E-state index in [9.17, 15) is 0 Å². The average molecular weight is 385 g/mol. The lowest BCUT2D eigenvalue weighted by Gasteiger charge is -2.11. The summed E-state index contributed by atoms with van der Waals surface area (Å²) >= 11 is 4.27. The van der Waals surface area contributed by atoms with Crippen LogP contribution in [-0.4, -0.2) is 22.8 Å². The number of allylic oxidation sites excluding steroid dienone is 2. The summed E-state index contributed by atoms with van der Waals surface area (Å²) < 4.78 is 5.69. The van der Waals surface area contributed by atoms with E-state index in [0.29, 0.717) is 0 Å². The molecule has 0 bridgehead atoms. The van der Waals surface area contributed by atoms with Crippen LogP contribution in [-0.2, 0) is 11.2 Å². The minimum atomic E-state index is 0.879. The van der Waals surface area contributed by atoms with Crippen LogP contribution < -0.4 is 0 Å². The molecule has 1 aromatic carbocycles. The Balaban J connectivity index is 2.24. The van der Waals surface area contributed by atoms with Crippen molar-refractivity contribution in [3.05, 3.63) is 64.9 Å². The monoisotopic (exact) mass is 384 g/mol. The number of unbranched alkanes of at least 4 members (excludes halogenated alkanes) is 3. The van der Waals surface area contributed by atoms with E-state index in [0.717, 1.165) is 47.9 Å². The first-order valence-corrected chi connectivity index (χ1v) is 10.5. The minimum Gasteiger partial charge on any atom is -0.496 e. The molecule has 0 aliphatic carbocycles. The van der Waals surface area contributed by atoms with Crippen LogP contribution >= 0.6 is 12.6 Å². The number of rotatable bonds is 11. The van der Waals surface area contributed by atoms with Crippen molar-refractivity contribution in [1.82, 2.24) is 9.97 Å². The van der Waals surface area contributed by atoms with Gasteiger partial charge in [0.1, 0.15) is 11.6 Å². The van der Waals surface area contributed by atoms with E-state index >= 15 is 0 Å². The fourth-order valence-electron chi connectivity index (χ4n) is 3.06. The summed E-state index contributed by atoms with van der Waals surface area (Å²) in [6.45, 7) is 4.25. The average Bonchev–Trinajstić information content (AvgIpc) is 3.14. The molecule has 27 heavy (non-hydrogen) atoms. The predicted molar refractivity (Wildman–Crippen MR) is 119 cm³/mol. The maximum absolute atomic E-state index is 5.69. The van der Waals surface area contributed by atoms with E-state index in [4.69, 9.17) is 4.74 Å². The molecule has 3 nitrogen and oxygen atoms in total. The number of ether oxygens (including phenoxy) is 1. The van der Waals surface area contributed by atoms with Crippen molar-refractivity contribution in [3.63, 3.8) is 0 Å². The number of aromatic nitrogens is 2. The first-order chi connectivity index (χ1) is 13.2. The van der Waals surface area contributed by atoms with Gasteiger partial charge in [-0.05, 0) is 55.2 Å². The molecule has 146 valence electrons. The fraction of sp³-hybridized carbons (Fsp3) is 0.435. The molecule has 0 unspecified atom stereocenters. The largest absolute Gasteiger partial charge is 0.496 e. The Morgan fingerprint density at radius 1 is 1.19 bits per heavy atom. The highest BCUT2D eigenvalue weighted by molar-refractivity contribution is 7.80. The van der Waals surface area contributed by atoms with Crippen LogP contribution in [0.15, 0.2) is 42.3 Å². The number of nitrogens with zero attached hydrogens (tertiary/aromatic N) is 1. The van der Waals surface area contributed by atoms with Gasteiger partial charge >= 0.3 is 0 Å². The van der Waals surface area contributed by atoms with Crippen molar-refractivity contribution < 1.29 is 4.74 Å². The number of H-pyrrole nitrogens is 1. The number of methoxy groups -OCH3 is 1. The summed E-state index contributed by atoms with van der Waals surface area (Å²) in [6, 6.07) is 8.39. The zero-order chi connectivity index (χ0) is 19.5. The summed E-state index contributed by atoms with van der Waals surface area (Å²) in [5, 5.41) is 0. The van der Waals surface area contributed by atoms with E-state index < -0.39 is 0 Å². The third-order valence-corrected chi connectivity index (χ3v) is 4.92. The highest BCUT2D eigenvalue weighted by atomic mass is 32.1. The second-order valence-electron chi connectivity index (χ2n) is 6.73. The summed E-state index contributed by atoms with van der Waals surface area (Å²) in [5.41, 5.74) is 4.48. The van der Waals surface area contributed by atoms with Crippen molar-refractivity contribution in [2.45, 2.75) is 52.4 Å². The first-order valence-electron chi connectivity index (χ1n) is 9.86. The molecule has 0 radical (unpaired) electrons. The van der Waals surface area contributed by atoms with Gasteiger partial charge < -0.3 is 9.72 Å². The molecule has 0 amide bonds. The van der Waals surface area contributed by atoms with Gasteiger partial charge in [0, 0.05) is 12.0 Å². The van der Waals surface area contributed by atoms with Crippen molar-refractivity contribution in [2.75, 3.05) is 12.9 Å². The quantitative estimate of drug-likeness (QED) is 0.208. The second-order valence-corrected chi connectivity index (χ2v) is 7.17. The highest BCUT2D eigenvalue weighted by Crippen LogP contribution is 2.27. The van der Waals surface area contributed by atoms with Gasteiger partial charge in [0.15, 0.2) is 0 Å². The summed E-state index contributed by atoms with van der Waals surface area (Å²) in [7, 11) is 1.73. The Morgan fingerprint density at radius 2 is 1.96 bits per heavy atom. The molecular weight excluding hydrogens is 352 g/mol. The van der Waals surface area contributed by atoms with Gasteiger partial charge in [0.2, 0.25) is 0 Å². The fourth-order valence-corrected chi connectivity index (χ4v) is 3.28. The van der Waals surface area contributed by atoms with Crippen molar-refractivity contribution in [2.24, 2.45) is 0 Å².